The zero-order chi connectivity index (χ0) is 15.0. The van der Waals surface area contributed by atoms with Crippen LogP contribution in [0.1, 0.15) is 0 Å². The molecule has 0 N–H and O–H groups in total. The van der Waals surface area contributed by atoms with Gasteiger partial charge in [-0.3, -0.25) is 0 Å². The molecular formula is C14H11FN2O3S. The van der Waals surface area contributed by atoms with Crippen molar-refractivity contribution in [2.45, 2.75) is 4.90 Å². The summed E-state index contributed by atoms with van der Waals surface area (Å²) in [4.78, 5) is 3.62. The van der Waals surface area contributed by atoms with E-state index >= 15 is 0 Å². The number of aromatic nitrogens is 2. The fraction of sp³-hybridized carbons (Fsp3) is 0.0714. The number of halogens is 1. The van der Waals surface area contributed by atoms with Crippen molar-refractivity contribution in [3.05, 3.63) is 54.6 Å². The Hall–Kier alpha value is -2.41. The quantitative estimate of drug-likeness (QED) is 0.697. The first-order valence-corrected chi connectivity index (χ1v) is 7.48. The Kier molecular flexibility index (Phi) is 3.13. The highest BCUT2D eigenvalue weighted by molar-refractivity contribution is 7.87. The van der Waals surface area contributed by atoms with E-state index in [1.54, 1.807) is 17.0 Å². The van der Waals surface area contributed by atoms with Crippen molar-refractivity contribution in [1.29, 1.82) is 0 Å². The van der Waals surface area contributed by atoms with Crippen LogP contribution in [0.4, 0.5) is 4.39 Å². The summed E-state index contributed by atoms with van der Waals surface area (Å²) in [7, 11) is -2.39. The van der Waals surface area contributed by atoms with Gasteiger partial charge in [0.05, 0.1) is 17.4 Å². The summed E-state index contributed by atoms with van der Waals surface area (Å²) in [6.07, 6.45) is 1.61. The second-order valence-corrected chi connectivity index (χ2v) is 5.99. The summed E-state index contributed by atoms with van der Waals surface area (Å²) in [5.74, 6) is -0.763. The topological polar surface area (TPSA) is 61.2 Å². The first-order chi connectivity index (χ1) is 9.97. The molecule has 0 atom stereocenters. The lowest BCUT2D eigenvalue weighted by molar-refractivity contribution is 0.477. The van der Waals surface area contributed by atoms with Gasteiger partial charge in [0.15, 0.2) is 0 Å². The molecule has 0 aliphatic rings. The van der Waals surface area contributed by atoms with Crippen LogP contribution in [0.5, 0.6) is 5.75 Å². The summed E-state index contributed by atoms with van der Waals surface area (Å²) in [6, 6.07) is 9.75. The van der Waals surface area contributed by atoms with Crippen molar-refractivity contribution in [3.8, 4) is 5.75 Å². The number of aryl methyl sites for hydroxylation is 1. The lowest BCUT2D eigenvalue weighted by Gasteiger charge is -2.07. The van der Waals surface area contributed by atoms with Crippen LogP contribution in [0.15, 0.2) is 53.7 Å². The summed E-state index contributed by atoms with van der Waals surface area (Å²) >= 11 is 0. The van der Waals surface area contributed by atoms with Gasteiger partial charge >= 0.3 is 10.1 Å². The molecule has 3 aromatic rings. The number of hydrogen-bond donors (Lipinski definition) is 0. The van der Waals surface area contributed by atoms with Crippen LogP contribution < -0.4 is 4.18 Å². The molecule has 0 spiro atoms. The van der Waals surface area contributed by atoms with Crippen LogP contribution >= 0.6 is 0 Å². The van der Waals surface area contributed by atoms with Gasteiger partial charge in [-0.05, 0) is 24.3 Å². The molecule has 0 saturated carbocycles. The van der Waals surface area contributed by atoms with E-state index < -0.39 is 20.8 Å². The van der Waals surface area contributed by atoms with Gasteiger partial charge in [-0.15, -0.1) is 0 Å². The van der Waals surface area contributed by atoms with E-state index in [2.05, 4.69) is 4.98 Å². The van der Waals surface area contributed by atoms with E-state index in [0.717, 1.165) is 17.6 Å². The molecule has 0 fully saturated rings. The predicted molar refractivity (Wildman–Crippen MR) is 74.9 cm³/mol. The second-order valence-electron chi connectivity index (χ2n) is 4.47. The molecule has 1 heterocycles. The number of imidazole rings is 1. The molecule has 21 heavy (non-hydrogen) atoms. The minimum Gasteiger partial charge on any atom is -0.379 e. The number of rotatable bonds is 3. The molecule has 0 bridgehead atoms. The van der Waals surface area contributed by atoms with E-state index in [-0.39, 0.29) is 5.75 Å². The molecule has 2 aromatic carbocycles. The third-order valence-electron chi connectivity index (χ3n) is 3.01. The Bertz CT molecular complexity index is 919. The molecule has 1 aromatic heterocycles. The number of hydrogen-bond acceptors (Lipinski definition) is 4. The van der Waals surface area contributed by atoms with Crippen LogP contribution in [0.3, 0.4) is 0 Å². The SMILES string of the molecule is Cn1cnc2cc(OS(=O)(=O)c3ccccc3F)ccc21. The molecule has 0 aliphatic carbocycles. The number of fused-ring (bicyclic) bond motifs is 1. The number of benzene rings is 2. The van der Waals surface area contributed by atoms with Gasteiger partial charge in [-0.1, -0.05) is 12.1 Å². The zero-order valence-corrected chi connectivity index (χ0v) is 11.8. The van der Waals surface area contributed by atoms with Crippen LogP contribution in [0, 0.1) is 5.82 Å². The van der Waals surface area contributed by atoms with E-state index in [1.807, 2.05) is 7.05 Å². The summed E-state index contributed by atoms with van der Waals surface area (Å²) in [6.45, 7) is 0. The van der Waals surface area contributed by atoms with Crippen molar-refractivity contribution >= 4 is 21.2 Å². The summed E-state index contributed by atoms with van der Waals surface area (Å²) in [5.41, 5.74) is 1.43. The lowest BCUT2D eigenvalue weighted by Crippen LogP contribution is -2.11. The van der Waals surface area contributed by atoms with Gasteiger partial charge in [0.25, 0.3) is 0 Å². The average Bonchev–Trinajstić information content (AvgIpc) is 2.80. The standard InChI is InChI=1S/C14H11FN2O3S/c1-17-9-16-12-8-10(6-7-13(12)17)20-21(18,19)14-5-3-2-4-11(14)15/h2-9H,1H3. The van der Waals surface area contributed by atoms with Gasteiger partial charge in [-0.25, -0.2) is 9.37 Å². The van der Waals surface area contributed by atoms with Gasteiger partial charge in [0.1, 0.15) is 16.5 Å². The predicted octanol–water partition coefficient (Wildman–Crippen LogP) is 2.48. The maximum absolute atomic E-state index is 13.6. The normalized spacial score (nSPS) is 11.7. The highest BCUT2D eigenvalue weighted by atomic mass is 32.2. The van der Waals surface area contributed by atoms with Crippen molar-refractivity contribution in [2.75, 3.05) is 0 Å². The number of nitrogens with zero attached hydrogens (tertiary/aromatic N) is 2. The molecular weight excluding hydrogens is 295 g/mol. The second kappa shape index (κ2) is 4.85. The maximum Gasteiger partial charge on any atom is 0.342 e. The highest BCUT2D eigenvalue weighted by Crippen LogP contribution is 2.24. The minimum atomic E-state index is -4.22. The lowest BCUT2D eigenvalue weighted by atomic mass is 10.3. The monoisotopic (exact) mass is 306 g/mol. The molecule has 0 aliphatic heterocycles. The molecule has 7 heteroatoms. The van der Waals surface area contributed by atoms with Crippen LogP contribution in [0.2, 0.25) is 0 Å². The fourth-order valence-electron chi connectivity index (χ4n) is 1.99. The van der Waals surface area contributed by atoms with Crippen molar-refractivity contribution in [3.63, 3.8) is 0 Å². The molecule has 5 nitrogen and oxygen atoms in total. The van der Waals surface area contributed by atoms with Gasteiger partial charge in [-0.2, -0.15) is 8.42 Å². The third-order valence-corrected chi connectivity index (χ3v) is 4.29. The zero-order valence-electron chi connectivity index (χ0n) is 11.0. The van der Waals surface area contributed by atoms with Crippen LogP contribution in [-0.2, 0) is 17.2 Å². The maximum atomic E-state index is 13.6. The van der Waals surface area contributed by atoms with E-state index in [9.17, 15) is 12.8 Å². The van der Waals surface area contributed by atoms with E-state index in [4.69, 9.17) is 4.18 Å². The fourth-order valence-corrected chi connectivity index (χ4v) is 2.99. The van der Waals surface area contributed by atoms with Crippen LogP contribution in [-0.4, -0.2) is 18.0 Å². The Morgan fingerprint density at radius 1 is 1.19 bits per heavy atom. The Morgan fingerprint density at radius 2 is 1.95 bits per heavy atom. The molecule has 108 valence electrons. The first kappa shape index (κ1) is 13.6. The molecule has 0 radical (unpaired) electrons. The Labute approximate surface area is 120 Å². The Morgan fingerprint density at radius 3 is 2.71 bits per heavy atom. The van der Waals surface area contributed by atoms with Crippen molar-refractivity contribution in [2.24, 2.45) is 7.05 Å². The molecule has 0 unspecified atom stereocenters. The van der Waals surface area contributed by atoms with Gasteiger partial charge in [0.2, 0.25) is 0 Å². The smallest absolute Gasteiger partial charge is 0.342 e. The Balaban J connectivity index is 1.99. The van der Waals surface area contributed by atoms with Crippen molar-refractivity contribution < 1.29 is 17.0 Å². The molecule has 0 amide bonds. The summed E-state index contributed by atoms with van der Waals surface area (Å²) < 4.78 is 44.5. The van der Waals surface area contributed by atoms with E-state index in [1.165, 1.54) is 24.3 Å². The first-order valence-electron chi connectivity index (χ1n) is 6.07. The van der Waals surface area contributed by atoms with Crippen LogP contribution in [0.25, 0.3) is 11.0 Å². The van der Waals surface area contributed by atoms with E-state index in [0.29, 0.717) is 5.52 Å². The molecule has 0 saturated heterocycles. The van der Waals surface area contributed by atoms with Crippen molar-refractivity contribution in [1.82, 2.24) is 9.55 Å². The van der Waals surface area contributed by atoms with Gasteiger partial charge in [0, 0.05) is 13.1 Å². The average molecular weight is 306 g/mol. The minimum absolute atomic E-state index is 0.0875. The summed E-state index contributed by atoms with van der Waals surface area (Å²) in [5, 5.41) is 0. The largest absolute Gasteiger partial charge is 0.379 e. The van der Waals surface area contributed by atoms with Gasteiger partial charge < -0.3 is 8.75 Å². The highest BCUT2D eigenvalue weighted by Gasteiger charge is 2.21. The third kappa shape index (κ3) is 2.47. The molecule has 3 rings (SSSR count).